The predicted octanol–water partition coefficient (Wildman–Crippen LogP) is 3.01. The highest BCUT2D eigenvalue weighted by atomic mass is 35.5. The van der Waals surface area contributed by atoms with Gasteiger partial charge in [-0.05, 0) is 37.3 Å². The lowest BCUT2D eigenvalue weighted by Crippen LogP contribution is -2.13. The van der Waals surface area contributed by atoms with Crippen molar-refractivity contribution in [3.05, 3.63) is 46.7 Å². The molecule has 0 unspecified atom stereocenters. The minimum absolute atomic E-state index is 0.0916. The molecule has 1 aromatic heterocycles. The molecular formula is C14H13ClN2O3. The summed E-state index contributed by atoms with van der Waals surface area (Å²) >= 11 is 5.75. The van der Waals surface area contributed by atoms with Crippen molar-refractivity contribution in [3.63, 3.8) is 0 Å². The summed E-state index contributed by atoms with van der Waals surface area (Å²) in [5, 5.41) is 12.7. The van der Waals surface area contributed by atoms with Gasteiger partial charge < -0.3 is 15.2 Å². The molecule has 0 aliphatic heterocycles. The fraction of sp³-hybridized carbons (Fsp3) is 0.143. The number of nitrogens with zero attached hydrogens (tertiary/aromatic N) is 1. The number of hydrogen-bond donors (Lipinski definition) is 2. The van der Waals surface area contributed by atoms with Crippen molar-refractivity contribution in [3.8, 4) is 11.5 Å². The van der Waals surface area contributed by atoms with Crippen molar-refractivity contribution in [1.82, 2.24) is 4.98 Å². The van der Waals surface area contributed by atoms with Crippen LogP contribution in [0.1, 0.15) is 16.1 Å². The monoisotopic (exact) mass is 292 g/mol. The summed E-state index contributed by atoms with van der Waals surface area (Å²) in [6.07, 6.45) is 0. The normalized spacial score (nSPS) is 10.2. The second-order valence-electron chi connectivity index (χ2n) is 4.11. The number of pyridine rings is 1. The van der Waals surface area contributed by atoms with E-state index in [0.29, 0.717) is 27.8 Å². The number of methoxy groups -OCH3 is 1. The lowest BCUT2D eigenvalue weighted by atomic mass is 10.2. The molecule has 0 radical (unpaired) electrons. The largest absolute Gasteiger partial charge is 0.504 e. The van der Waals surface area contributed by atoms with Gasteiger partial charge in [0, 0.05) is 5.56 Å². The van der Waals surface area contributed by atoms with E-state index in [0.717, 1.165) is 0 Å². The molecule has 1 aromatic carbocycles. The zero-order chi connectivity index (χ0) is 14.7. The number of halogens is 1. The Morgan fingerprint density at radius 3 is 2.70 bits per heavy atom. The molecule has 0 saturated heterocycles. The quantitative estimate of drug-likeness (QED) is 0.853. The molecule has 0 spiro atoms. The number of nitrogens with one attached hydrogen (secondary N) is 1. The number of carbonyl (C=O) groups is 1. The van der Waals surface area contributed by atoms with Gasteiger partial charge in [-0.25, -0.2) is 4.98 Å². The van der Waals surface area contributed by atoms with Crippen LogP contribution in [0.4, 0.5) is 5.69 Å². The van der Waals surface area contributed by atoms with E-state index in [1.54, 1.807) is 25.1 Å². The summed E-state index contributed by atoms with van der Waals surface area (Å²) in [4.78, 5) is 16.1. The van der Waals surface area contributed by atoms with E-state index in [1.165, 1.54) is 19.2 Å². The Morgan fingerprint density at radius 1 is 1.35 bits per heavy atom. The Labute approximate surface area is 121 Å². The van der Waals surface area contributed by atoms with Crippen LogP contribution in [0.3, 0.4) is 0 Å². The molecule has 6 heteroatoms. The summed E-state index contributed by atoms with van der Waals surface area (Å²) in [5.74, 6) is -0.132. The van der Waals surface area contributed by atoms with E-state index < -0.39 is 0 Å². The molecule has 0 saturated carbocycles. The van der Waals surface area contributed by atoms with E-state index >= 15 is 0 Å². The maximum atomic E-state index is 12.1. The fourth-order valence-corrected chi connectivity index (χ4v) is 1.88. The Hall–Kier alpha value is -2.27. The number of carbonyl (C=O) groups excluding carboxylic acids is 1. The number of phenolic OH excluding ortho intramolecular Hbond substituents is 1. The van der Waals surface area contributed by atoms with Crippen molar-refractivity contribution in [2.75, 3.05) is 12.4 Å². The SMILES string of the molecule is COc1ccc(C(=O)Nc2ccc(Cl)nc2C)cc1O. The van der Waals surface area contributed by atoms with Gasteiger partial charge in [0.1, 0.15) is 5.15 Å². The van der Waals surface area contributed by atoms with Crippen molar-refractivity contribution >= 4 is 23.2 Å². The van der Waals surface area contributed by atoms with Crippen LogP contribution in [-0.2, 0) is 0 Å². The van der Waals surface area contributed by atoms with Crippen LogP contribution >= 0.6 is 11.6 Å². The molecule has 2 N–H and O–H groups in total. The first kappa shape index (κ1) is 14.1. The number of phenols is 1. The highest BCUT2D eigenvalue weighted by molar-refractivity contribution is 6.29. The summed E-state index contributed by atoms with van der Waals surface area (Å²) in [5.41, 5.74) is 1.50. The first-order valence-corrected chi connectivity index (χ1v) is 6.20. The van der Waals surface area contributed by atoms with E-state index in [1.807, 2.05) is 0 Å². The van der Waals surface area contributed by atoms with Crippen molar-refractivity contribution in [2.24, 2.45) is 0 Å². The molecule has 0 aliphatic carbocycles. The molecule has 2 aromatic rings. The van der Waals surface area contributed by atoms with Gasteiger partial charge in [0.25, 0.3) is 5.91 Å². The van der Waals surface area contributed by atoms with Crippen LogP contribution in [0.15, 0.2) is 30.3 Å². The molecule has 1 heterocycles. The minimum Gasteiger partial charge on any atom is -0.504 e. The van der Waals surface area contributed by atoms with Gasteiger partial charge in [-0.2, -0.15) is 0 Å². The maximum absolute atomic E-state index is 12.1. The number of aromatic hydroxyl groups is 1. The van der Waals surface area contributed by atoms with Gasteiger partial charge >= 0.3 is 0 Å². The second kappa shape index (κ2) is 5.79. The van der Waals surface area contributed by atoms with Gasteiger partial charge in [0.2, 0.25) is 0 Å². The Kier molecular flexibility index (Phi) is 4.10. The van der Waals surface area contributed by atoms with Crippen LogP contribution in [0.5, 0.6) is 11.5 Å². The number of benzene rings is 1. The number of aromatic nitrogens is 1. The van der Waals surface area contributed by atoms with Crippen molar-refractivity contribution in [1.29, 1.82) is 0 Å². The van der Waals surface area contributed by atoms with Gasteiger partial charge in [-0.15, -0.1) is 0 Å². The van der Waals surface area contributed by atoms with Gasteiger partial charge in [-0.3, -0.25) is 4.79 Å². The van der Waals surface area contributed by atoms with Crippen LogP contribution in [0, 0.1) is 6.92 Å². The molecular weight excluding hydrogens is 280 g/mol. The molecule has 104 valence electrons. The minimum atomic E-state index is -0.352. The maximum Gasteiger partial charge on any atom is 0.255 e. The summed E-state index contributed by atoms with van der Waals surface area (Å²) < 4.78 is 4.92. The smallest absolute Gasteiger partial charge is 0.255 e. The van der Waals surface area contributed by atoms with Crippen LogP contribution in [-0.4, -0.2) is 23.1 Å². The molecule has 0 fully saturated rings. The number of rotatable bonds is 3. The van der Waals surface area contributed by atoms with Crippen LogP contribution in [0.2, 0.25) is 5.15 Å². The van der Waals surface area contributed by atoms with E-state index in [4.69, 9.17) is 16.3 Å². The summed E-state index contributed by atoms with van der Waals surface area (Å²) in [6.45, 7) is 1.74. The Balaban J connectivity index is 2.21. The van der Waals surface area contributed by atoms with Gasteiger partial charge in [-0.1, -0.05) is 11.6 Å². The first-order valence-electron chi connectivity index (χ1n) is 5.83. The molecule has 0 aliphatic rings. The highest BCUT2D eigenvalue weighted by Gasteiger charge is 2.11. The van der Waals surface area contributed by atoms with E-state index in [9.17, 15) is 9.90 Å². The Morgan fingerprint density at radius 2 is 2.10 bits per heavy atom. The number of amides is 1. The van der Waals surface area contributed by atoms with Crippen LogP contribution < -0.4 is 10.1 Å². The average molecular weight is 293 g/mol. The summed E-state index contributed by atoms with van der Waals surface area (Å²) in [6, 6.07) is 7.69. The first-order chi connectivity index (χ1) is 9.51. The number of ether oxygens (including phenoxy) is 1. The van der Waals surface area contributed by atoms with Crippen molar-refractivity contribution < 1.29 is 14.6 Å². The third-order valence-electron chi connectivity index (χ3n) is 2.74. The lowest BCUT2D eigenvalue weighted by Gasteiger charge is -2.09. The molecule has 20 heavy (non-hydrogen) atoms. The highest BCUT2D eigenvalue weighted by Crippen LogP contribution is 2.26. The van der Waals surface area contributed by atoms with Crippen molar-refractivity contribution in [2.45, 2.75) is 6.92 Å². The number of hydrogen-bond acceptors (Lipinski definition) is 4. The number of aryl methyl sites for hydroxylation is 1. The zero-order valence-electron chi connectivity index (χ0n) is 11.0. The topological polar surface area (TPSA) is 71.5 Å². The second-order valence-corrected chi connectivity index (χ2v) is 4.49. The van der Waals surface area contributed by atoms with Gasteiger partial charge in [0.15, 0.2) is 11.5 Å². The number of anilines is 1. The third kappa shape index (κ3) is 3.00. The molecule has 5 nitrogen and oxygen atoms in total. The standard InChI is InChI=1S/C14H13ClN2O3/c1-8-10(4-6-13(15)16-8)17-14(19)9-3-5-12(20-2)11(18)7-9/h3-7,18H,1-2H3,(H,17,19). The third-order valence-corrected chi connectivity index (χ3v) is 2.95. The molecule has 0 atom stereocenters. The van der Waals surface area contributed by atoms with Crippen LogP contribution in [0.25, 0.3) is 0 Å². The van der Waals surface area contributed by atoms with Gasteiger partial charge in [0.05, 0.1) is 18.5 Å². The average Bonchev–Trinajstić information content (AvgIpc) is 2.41. The summed E-state index contributed by atoms with van der Waals surface area (Å²) in [7, 11) is 1.44. The Bertz CT molecular complexity index is 659. The molecule has 2 rings (SSSR count). The zero-order valence-corrected chi connectivity index (χ0v) is 11.7. The fourth-order valence-electron chi connectivity index (χ4n) is 1.69. The lowest BCUT2D eigenvalue weighted by molar-refractivity contribution is 0.102. The predicted molar refractivity (Wildman–Crippen MR) is 76.6 cm³/mol. The van der Waals surface area contributed by atoms with E-state index in [2.05, 4.69) is 10.3 Å². The molecule has 1 amide bonds. The van der Waals surface area contributed by atoms with E-state index in [-0.39, 0.29) is 11.7 Å². The molecule has 0 bridgehead atoms.